The first-order chi connectivity index (χ1) is 6.27. The molecule has 0 saturated heterocycles. The van der Waals surface area contributed by atoms with Crippen LogP contribution in [-0.2, 0) is 9.47 Å². The summed E-state index contributed by atoms with van der Waals surface area (Å²) in [7, 11) is 0. The van der Waals surface area contributed by atoms with Crippen molar-refractivity contribution in [1.82, 2.24) is 0 Å². The monoisotopic (exact) mass is 183 g/mol. The van der Waals surface area contributed by atoms with Gasteiger partial charge in [-0.2, -0.15) is 0 Å². The van der Waals surface area contributed by atoms with Crippen LogP contribution in [0.1, 0.15) is 26.7 Å². The van der Waals surface area contributed by atoms with Crippen LogP contribution in [0.25, 0.3) is 0 Å². The molecular weight excluding hydrogens is 166 g/mol. The Morgan fingerprint density at radius 3 is 2.54 bits per heavy atom. The molecule has 0 bridgehead atoms. The van der Waals surface area contributed by atoms with Crippen molar-refractivity contribution in [2.45, 2.75) is 26.7 Å². The second kappa shape index (κ2) is 4.80. The van der Waals surface area contributed by atoms with E-state index in [0.717, 1.165) is 30.1 Å². The summed E-state index contributed by atoms with van der Waals surface area (Å²) in [6, 6.07) is 0. The van der Waals surface area contributed by atoms with E-state index >= 15 is 0 Å². The molecule has 0 aromatic heterocycles. The minimum Gasteiger partial charge on any atom is -0.494 e. The fourth-order valence-electron chi connectivity index (χ4n) is 1.30. The molecule has 13 heavy (non-hydrogen) atoms. The number of ether oxygens (including phenoxy) is 2. The average Bonchev–Trinajstić information content (AvgIpc) is 2.10. The van der Waals surface area contributed by atoms with Gasteiger partial charge in [0.25, 0.3) is 0 Å². The second-order valence-corrected chi connectivity index (χ2v) is 2.87. The second-order valence-electron chi connectivity index (χ2n) is 2.87. The number of allylic oxidation sites excluding steroid dienone is 3. The van der Waals surface area contributed by atoms with E-state index in [4.69, 9.17) is 15.2 Å². The van der Waals surface area contributed by atoms with Crippen molar-refractivity contribution in [3.8, 4) is 0 Å². The van der Waals surface area contributed by atoms with Crippen LogP contribution >= 0.6 is 0 Å². The molecule has 1 rings (SSSR count). The van der Waals surface area contributed by atoms with E-state index in [-0.39, 0.29) is 0 Å². The molecule has 1 aliphatic carbocycles. The van der Waals surface area contributed by atoms with E-state index in [0.29, 0.717) is 13.2 Å². The zero-order valence-corrected chi connectivity index (χ0v) is 8.30. The first kappa shape index (κ1) is 9.96. The minimum absolute atomic E-state index is 0.648. The molecule has 3 heteroatoms. The quantitative estimate of drug-likeness (QED) is 0.724. The highest BCUT2D eigenvalue weighted by atomic mass is 16.5. The van der Waals surface area contributed by atoms with Gasteiger partial charge in [0, 0.05) is 18.2 Å². The Balaban J connectivity index is 2.74. The van der Waals surface area contributed by atoms with Crippen molar-refractivity contribution < 1.29 is 9.47 Å². The van der Waals surface area contributed by atoms with Crippen molar-refractivity contribution in [3.05, 3.63) is 23.3 Å². The Kier molecular flexibility index (Phi) is 3.68. The first-order valence-corrected chi connectivity index (χ1v) is 4.72. The van der Waals surface area contributed by atoms with Gasteiger partial charge in [0.05, 0.1) is 13.2 Å². The molecule has 2 N–H and O–H groups in total. The molecule has 0 fully saturated rings. The Hall–Kier alpha value is -1.12. The molecule has 1 aliphatic rings. The van der Waals surface area contributed by atoms with Gasteiger partial charge in [-0.3, -0.25) is 0 Å². The average molecular weight is 183 g/mol. The summed E-state index contributed by atoms with van der Waals surface area (Å²) < 4.78 is 10.9. The van der Waals surface area contributed by atoms with Gasteiger partial charge in [0.15, 0.2) is 5.76 Å². The Morgan fingerprint density at radius 2 is 1.92 bits per heavy atom. The number of hydrogen-bond donors (Lipinski definition) is 1. The minimum atomic E-state index is 0.648. The fourth-order valence-corrected chi connectivity index (χ4v) is 1.30. The number of nitrogens with two attached hydrogens (primary N) is 1. The van der Waals surface area contributed by atoms with E-state index in [9.17, 15) is 0 Å². The van der Waals surface area contributed by atoms with Gasteiger partial charge in [-0.05, 0) is 20.3 Å². The zero-order valence-electron chi connectivity index (χ0n) is 8.30. The van der Waals surface area contributed by atoms with E-state index in [1.165, 1.54) is 0 Å². The predicted octanol–water partition coefficient (Wildman–Crippen LogP) is 1.91. The van der Waals surface area contributed by atoms with Crippen LogP contribution in [0.2, 0.25) is 0 Å². The molecule has 0 unspecified atom stereocenters. The molecule has 0 radical (unpaired) electrons. The predicted molar refractivity (Wildman–Crippen MR) is 51.8 cm³/mol. The van der Waals surface area contributed by atoms with Gasteiger partial charge in [-0.1, -0.05) is 0 Å². The third kappa shape index (κ3) is 2.68. The summed E-state index contributed by atoms with van der Waals surface area (Å²) in [5.41, 5.74) is 6.57. The van der Waals surface area contributed by atoms with Crippen molar-refractivity contribution in [3.63, 3.8) is 0 Å². The molecular formula is C10H17NO2. The maximum atomic E-state index is 5.71. The largest absolute Gasteiger partial charge is 0.494 e. The highest BCUT2D eigenvalue weighted by Crippen LogP contribution is 2.23. The molecule has 0 aromatic rings. The van der Waals surface area contributed by atoms with Crippen LogP contribution in [0.4, 0.5) is 0 Å². The maximum Gasteiger partial charge on any atom is 0.158 e. The van der Waals surface area contributed by atoms with Crippen molar-refractivity contribution >= 4 is 0 Å². The summed E-state index contributed by atoms with van der Waals surface area (Å²) in [5, 5.41) is 0. The first-order valence-electron chi connectivity index (χ1n) is 4.72. The lowest BCUT2D eigenvalue weighted by Crippen LogP contribution is -2.09. The number of rotatable bonds is 4. The van der Waals surface area contributed by atoms with Crippen molar-refractivity contribution in [2.75, 3.05) is 13.2 Å². The summed E-state index contributed by atoms with van der Waals surface area (Å²) in [5.74, 6) is 1.73. The van der Waals surface area contributed by atoms with E-state index < -0.39 is 0 Å². The molecule has 0 amide bonds. The Bertz CT molecular complexity index is 227. The lowest BCUT2D eigenvalue weighted by molar-refractivity contribution is 0.164. The zero-order chi connectivity index (χ0) is 9.68. The lowest BCUT2D eigenvalue weighted by atomic mass is 10.1. The molecule has 0 heterocycles. The lowest BCUT2D eigenvalue weighted by Gasteiger charge is -2.18. The SMILES string of the molecule is CCOC1=C(OCC)CCC(N)=C1. The van der Waals surface area contributed by atoms with Crippen LogP contribution in [0.5, 0.6) is 0 Å². The molecule has 0 aliphatic heterocycles. The topological polar surface area (TPSA) is 44.5 Å². The van der Waals surface area contributed by atoms with Gasteiger partial charge >= 0.3 is 0 Å². The van der Waals surface area contributed by atoms with Gasteiger partial charge in [-0.25, -0.2) is 0 Å². The normalized spacial score (nSPS) is 16.9. The van der Waals surface area contributed by atoms with Gasteiger partial charge in [-0.15, -0.1) is 0 Å². The van der Waals surface area contributed by atoms with Crippen LogP contribution in [0, 0.1) is 0 Å². The van der Waals surface area contributed by atoms with Gasteiger partial charge in [0.1, 0.15) is 5.76 Å². The Morgan fingerprint density at radius 1 is 1.23 bits per heavy atom. The van der Waals surface area contributed by atoms with E-state index in [2.05, 4.69) is 0 Å². The smallest absolute Gasteiger partial charge is 0.158 e. The van der Waals surface area contributed by atoms with Gasteiger partial charge in [0.2, 0.25) is 0 Å². The molecule has 0 atom stereocenters. The standard InChI is InChI=1S/C10H17NO2/c1-3-12-9-6-5-8(11)7-10(9)13-4-2/h7H,3-6,11H2,1-2H3. The molecule has 3 nitrogen and oxygen atoms in total. The van der Waals surface area contributed by atoms with Crippen molar-refractivity contribution in [2.24, 2.45) is 5.73 Å². The highest BCUT2D eigenvalue weighted by molar-refractivity contribution is 5.25. The fraction of sp³-hybridized carbons (Fsp3) is 0.600. The Labute approximate surface area is 79.2 Å². The summed E-state index contributed by atoms with van der Waals surface area (Å²) in [6.07, 6.45) is 3.58. The molecule has 0 aromatic carbocycles. The van der Waals surface area contributed by atoms with E-state index in [1.807, 2.05) is 19.9 Å². The third-order valence-electron chi connectivity index (χ3n) is 1.85. The summed E-state index contributed by atoms with van der Waals surface area (Å²) in [6.45, 7) is 5.25. The highest BCUT2D eigenvalue weighted by Gasteiger charge is 2.13. The van der Waals surface area contributed by atoms with Gasteiger partial charge < -0.3 is 15.2 Å². The molecule has 0 spiro atoms. The van der Waals surface area contributed by atoms with E-state index in [1.54, 1.807) is 0 Å². The van der Waals surface area contributed by atoms with Crippen LogP contribution in [0.3, 0.4) is 0 Å². The van der Waals surface area contributed by atoms with Crippen LogP contribution in [0.15, 0.2) is 23.3 Å². The maximum absolute atomic E-state index is 5.71. The third-order valence-corrected chi connectivity index (χ3v) is 1.85. The van der Waals surface area contributed by atoms with Crippen molar-refractivity contribution in [1.29, 1.82) is 0 Å². The summed E-state index contributed by atoms with van der Waals surface area (Å²) >= 11 is 0. The summed E-state index contributed by atoms with van der Waals surface area (Å²) in [4.78, 5) is 0. The molecule has 74 valence electrons. The number of hydrogen-bond acceptors (Lipinski definition) is 3. The van der Waals surface area contributed by atoms with Crippen LogP contribution in [-0.4, -0.2) is 13.2 Å². The molecule has 0 saturated carbocycles. The van der Waals surface area contributed by atoms with Crippen LogP contribution < -0.4 is 5.73 Å².